The van der Waals surface area contributed by atoms with Gasteiger partial charge in [0.15, 0.2) is 6.10 Å². The summed E-state index contributed by atoms with van der Waals surface area (Å²) in [6, 6.07) is 11.7. The molecule has 0 saturated carbocycles. The summed E-state index contributed by atoms with van der Waals surface area (Å²) in [6.45, 7) is 9.49. The summed E-state index contributed by atoms with van der Waals surface area (Å²) in [4.78, 5) is 24.9. The molecule has 7 nitrogen and oxygen atoms in total. The fraction of sp³-hybridized carbons (Fsp3) is 0.324. The third-order valence-electron chi connectivity index (χ3n) is 7.84. The molecule has 1 N–H and O–H groups in total. The Labute approximate surface area is 260 Å². The van der Waals surface area contributed by atoms with Gasteiger partial charge in [-0.05, 0) is 82.1 Å². The van der Waals surface area contributed by atoms with Gasteiger partial charge in [0.05, 0.1) is 15.8 Å². The number of likely N-dealkylation sites (N-methyl/N-ethyl adjacent to an activating group) is 1. The molecule has 5 aromatic rings. The van der Waals surface area contributed by atoms with Crippen LogP contribution in [0.15, 0.2) is 54.9 Å². The van der Waals surface area contributed by atoms with Gasteiger partial charge < -0.3 is 19.3 Å². The van der Waals surface area contributed by atoms with E-state index < -0.39 is 17.7 Å². The second-order valence-electron chi connectivity index (χ2n) is 12.3. The van der Waals surface area contributed by atoms with Crippen LogP contribution in [0, 0.1) is 6.92 Å². The van der Waals surface area contributed by atoms with E-state index in [1.807, 2.05) is 71.3 Å². The molecule has 6 rings (SSSR count). The number of fused-ring (bicyclic) bond motifs is 2. The van der Waals surface area contributed by atoms with E-state index in [2.05, 4.69) is 34.9 Å². The zero-order valence-electron chi connectivity index (χ0n) is 25.2. The maximum absolute atomic E-state index is 12.7. The summed E-state index contributed by atoms with van der Waals surface area (Å²) in [5.74, 6) is -1.04. The van der Waals surface area contributed by atoms with Gasteiger partial charge in [-0.3, -0.25) is 0 Å². The van der Waals surface area contributed by atoms with E-state index in [0.717, 1.165) is 68.0 Å². The number of ether oxygens (including phenoxy) is 1. The molecular weight excluding hydrogens is 580 g/mol. The lowest BCUT2D eigenvalue weighted by Gasteiger charge is -2.28. The Morgan fingerprint density at radius 1 is 1.14 bits per heavy atom. The summed E-state index contributed by atoms with van der Waals surface area (Å²) < 4.78 is 9.14. The van der Waals surface area contributed by atoms with Crippen LogP contribution in [0.1, 0.15) is 50.0 Å². The van der Waals surface area contributed by atoms with Gasteiger partial charge in [-0.15, -0.1) is 11.3 Å². The number of halogens is 1. The van der Waals surface area contributed by atoms with E-state index in [1.165, 1.54) is 11.1 Å². The van der Waals surface area contributed by atoms with E-state index in [0.29, 0.717) is 10.6 Å². The molecule has 2 aromatic carbocycles. The SMILES string of the molecule is Cc1cc2nc(-c3cnc4c(c3)c(C3=CCN(C)CC3)cn4C)sc2c(-c2ccc(Cl)cc2)c1C(OC(C)(C)C)C(=O)O. The van der Waals surface area contributed by atoms with Gasteiger partial charge in [0.25, 0.3) is 0 Å². The Morgan fingerprint density at radius 2 is 1.88 bits per heavy atom. The molecule has 0 fully saturated rings. The number of pyridine rings is 1. The number of rotatable bonds is 6. The highest BCUT2D eigenvalue weighted by Gasteiger charge is 2.32. The Balaban J connectivity index is 1.55. The predicted octanol–water partition coefficient (Wildman–Crippen LogP) is 8.14. The van der Waals surface area contributed by atoms with Crippen LogP contribution >= 0.6 is 22.9 Å². The number of carboxylic acid groups (broad SMARTS) is 1. The molecule has 0 aliphatic carbocycles. The molecule has 0 bridgehead atoms. The van der Waals surface area contributed by atoms with Crippen molar-refractivity contribution in [3.63, 3.8) is 0 Å². The van der Waals surface area contributed by atoms with Gasteiger partial charge in [-0.25, -0.2) is 14.8 Å². The van der Waals surface area contributed by atoms with Crippen LogP contribution in [0.4, 0.5) is 0 Å². The minimum Gasteiger partial charge on any atom is -0.479 e. The third-order valence-corrected chi connectivity index (χ3v) is 9.23. The molecule has 3 aromatic heterocycles. The van der Waals surface area contributed by atoms with Crippen LogP contribution < -0.4 is 0 Å². The zero-order chi connectivity index (χ0) is 30.6. The highest BCUT2D eigenvalue weighted by molar-refractivity contribution is 7.22. The minimum atomic E-state index is -1.16. The average molecular weight is 615 g/mol. The first-order chi connectivity index (χ1) is 20.4. The Kier molecular flexibility index (Phi) is 7.67. The van der Waals surface area contributed by atoms with Crippen molar-refractivity contribution in [2.24, 2.45) is 7.05 Å². The van der Waals surface area contributed by atoms with Crippen molar-refractivity contribution in [3.05, 3.63) is 76.6 Å². The number of thiazole rings is 1. The standard InChI is InChI=1S/C34H35ClN4O3S/c1-19-15-26-30(28(21-7-9-23(35)10-8-21)27(19)29(33(40)41)42-34(2,3)4)43-32(37-26)22-16-24-25(18-39(6)31(24)36-17-22)20-11-13-38(5)14-12-20/h7-11,15-18,29H,12-14H2,1-6H3,(H,40,41). The molecule has 43 heavy (non-hydrogen) atoms. The van der Waals surface area contributed by atoms with Crippen molar-refractivity contribution in [2.45, 2.75) is 45.8 Å². The Morgan fingerprint density at radius 3 is 2.53 bits per heavy atom. The fourth-order valence-corrected chi connectivity index (χ4v) is 7.04. The first-order valence-electron chi connectivity index (χ1n) is 14.3. The molecule has 0 amide bonds. The van der Waals surface area contributed by atoms with Crippen molar-refractivity contribution in [1.82, 2.24) is 19.4 Å². The third kappa shape index (κ3) is 5.72. The predicted molar refractivity (Wildman–Crippen MR) is 176 cm³/mol. The molecule has 0 radical (unpaired) electrons. The van der Waals surface area contributed by atoms with Crippen molar-refractivity contribution in [2.75, 3.05) is 20.1 Å². The summed E-state index contributed by atoms with van der Waals surface area (Å²) in [7, 11) is 4.18. The van der Waals surface area contributed by atoms with Gasteiger partial charge in [0, 0.05) is 65.2 Å². The van der Waals surface area contributed by atoms with Gasteiger partial charge in [-0.1, -0.05) is 29.8 Å². The lowest BCUT2D eigenvalue weighted by molar-refractivity contribution is -0.160. The van der Waals surface area contributed by atoms with Crippen molar-refractivity contribution in [1.29, 1.82) is 0 Å². The summed E-state index contributed by atoms with van der Waals surface area (Å²) in [5, 5.41) is 12.9. The van der Waals surface area contributed by atoms with E-state index >= 15 is 0 Å². The molecule has 4 heterocycles. The average Bonchev–Trinajstić information content (AvgIpc) is 3.52. The smallest absolute Gasteiger partial charge is 0.337 e. The molecule has 222 valence electrons. The molecule has 1 atom stereocenters. The van der Waals surface area contributed by atoms with E-state index in [1.54, 1.807) is 11.3 Å². The highest BCUT2D eigenvalue weighted by atomic mass is 35.5. The van der Waals surface area contributed by atoms with Crippen LogP contribution in [-0.2, 0) is 16.6 Å². The first-order valence-corrected chi connectivity index (χ1v) is 15.5. The second-order valence-corrected chi connectivity index (χ2v) is 13.7. The number of hydrogen-bond donors (Lipinski definition) is 1. The van der Waals surface area contributed by atoms with Gasteiger partial charge in [0.1, 0.15) is 10.7 Å². The lowest BCUT2D eigenvalue weighted by atomic mass is 9.91. The minimum absolute atomic E-state index is 0.609. The molecule has 1 unspecified atom stereocenters. The second kappa shape index (κ2) is 11.2. The Hall–Kier alpha value is -3.56. The van der Waals surface area contributed by atoms with Gasteiger partial charge in [-0.2, -0.15) is 0 Å². The van der Waals surface area contributed by atoms with Crippen molar-refractivity contribution in [3.8, 4) is 21.7 Å². The quantitative estimate of drug-likeness (QED) is 0.208. The number of hydrogen-bond acceptors (Lipinski definition) is 6. The van der Waals surface area contributed by atoms with Crippen LogP contribution in [0.5, 0.6) is 0 Å². The highest BCUT2D eigenvalue weighted by Crippen LogP contribution is 2.45. The number of aryl methyl sites for hydroxylation is 2. The number of nitrogens with zero attached hydrogens (tertiary/aromatic N) is 4. The molecule has 0 saturated heterocycles. The van der Waals surface area contributed by atoms with E-state index in [-0.39, 0.29) is 0 Å². The van der Waals surface area contributed by atoms with Crippen LogP contribution in [0.2, 0.25) is 5.02 Å². The summed E-state index contributed by atoms with van der Waals surface area (Å²) in [6.07, 6.45) is 6.20. The number of carbonyl (C=O) groups is 1. The van der Waals surface area contributed by atoms with Crippen LogP contribution in [-0.4, -0.2) is 56.2 Å². The molecule has 1 aliphatic rings. The summed E-state index contributed by atoms with van der Waals surface area (Å²) in [5.41, 5.74) is 7.65. The van der Waals surface area contributed by atoms with Gasteiger partial charge in [0.2, 0.25) is 0 Å². The van der Waals surface area contributed by atoms with Gasteiger partial charge >= 0.3 is 5.97 Å². The number of aliphatic carboxylic acids is 1. The molecular formula is C34H35ClN4O3S. The van der Waals surface area contributed by atoms with Crippen molar-refractivity contribution < 1.29 is 14.6 Å². The fourth-order valence-electron chi connectivity index (χ4n) is 5.81. The molecule has 9 heteroatoms. The largest absolute Gasteiger partial charge is 0.479 e. The Bertz CT molecular complexity index is 1900. The van der Waals surface area contributed by atoms with E-state index in [9.17, 15) is 9.90 Å². The monoisotopic (exact) mass is 614 g/mol. The number of benzene rings is 2. The molecule has 0 spiro atoms. The maximum atomic E-state index is 12.7. The van der Waals surface area contributed by atoms with Crippen LogP contribution in [0.25, 0.3) is 48.5 Å². The van der Waals surface area contributed by atoms with Crippen LogP contribution in [0.3, 0.4) is 0 Å². The number of carboxylic acids is 1. The maximum Gasteiger partial charge on any atom is 0.337 e. The topological polar surface area (TPSA) is 80.5 Å². The van der Waals surface area contributed by atoms with Crippen molar-refractivity contribution >= 4 is 55.7 Å². The zero-order valence-corrected chi connectivity index (χ0v) is 26.8. The summed E-state index contributed by atoms with van der Waals surface area (Å²) >= 11 is 7.80. The first kappa shape index (κ1) is 29.5. The number of aromatic nitrogens is 3. The lowest BCUT2D eigenvalue weighted by Crippen LogP contribution is -2.28. The van der Waals surface area contributed by atoms with E-state index in [4.69, 9.17) is 26.3 Å². The molecule has 1 aliphatic heterocycles. The normalized spacial score (nSPS) is 15.3.